The Labute approximate surface area is 233 Å². The third-order valence-corrected chi connectivity index (χ3v) is 7.12. The van der Waals surface area contributed by atoms with Gasteiger partial charge in [-0.1, -0.05) is 55.7 Å². The van der Waals surface area contributed by atoms with Crippen LogP contribution in [0.25, 0.3) is 0 Å². The van der Waals surface area contributed by atoms with Gasteiger partial charge in [0, 0.05) is 50.7 Å². The van der Waals surface area contributed by atoms with Gasteiger partial charge in [-0.3, -0.25) is 0 Å². The molecule has 0 aromatic heterocycles. The molecule has 1 saturated heterocycles. The molecule has 1 aliphatic heterocycles. The molecule has 1 fully saturated rings. The van der Waals surface area contributed by atoms with Crippen molar-refractivity contribution in [3.8, 4) is 0 Å². The van der Waals surface area contributed by atoms with Crippen molar-refractivity contribution in [2.45, 2.75) is 71.1 Å². The number of ether oxygens (including phenoxy) is 1. The van der Waals surface area contributed by atoms with Crippen molar-refractivity contribution in [3.63, 3.8) is 0 Å². The smallest absolute Gasteiger partial charge is 0.411 e. The number of cyclic esters (lactones) is 1. The molecule has 0 spiro atoms. The summed E-state index contributed by atoms with van der Waals surface area (Å²) in [5, 5.41) is 12.8. The third kappa shape index (κ3) is 7.35. The van der Waals surface area contributed by atoms with E-state index in [1.165, 1.54) is 18.1 Å². The number of aliphatic hydroxyl groups excluding tert-OH is 1. The second-order valence-corrected chi connectivity index (χ2v) is 9.90. The van der Waals surface area contributed by atoms with Crippen molar-refractivity contribution in [2.24, 2.45) is 0 Å². The van der Waals surface area contributed by atoms with Gasteiger partial charge in [-0.25, -0.2) is 9.18 Å². The molecule has 1 radical (unpaired) electrons. The van der Waals surface area contributed by atoms with E-state index in [-0.39, 0.29) is 55.1 Å². The number of carbonyl (C=O) groups is 1. The van der Waals surface area contributed by atoms with Crippen LogP contribution in [0.1, 0.15) is 71.0 Å². The Morgan fingerprint density at radius 1 is 1.20 bits per heavy atom. The summed E-state index contributed by atoms with van der Waals surface area (Å²) in [5.74, 6) is 0.967. The van der Waals surface area contributed by atoms with Crippen LogP contribution in [0, 0.1) is 42.8 Å². The van der Waals surface area contributed by atoms with E-state index in [1.807, 2.05) is 38.6 Å². The van der Waals surface area contributed by atoms with E-state index in [0.717, 1.165) is 16.6 Å². The van der Waals surface area contributed by atoms with Crippen molar-refractivity contribution in [1.82, 2.24) is 10.1 Å². The molecule has 2 N–H and O–H groups in total. The first kappa shape index (κ1) is 29.9. The van der Waals surface area contributed by atoms with E-state index in [1.54, 1.807) is 17.0 Å². The number of nitrogens with zero attached hydrogens (tertiary/aromatic N) is 1. The normalized spacial score (nSPS) is 19.2. The van der Waals surface area contributed by atoms with E-state index in [9.17, 15) is 14.3 Å². The van der Waals surface area contributed by atoms with Gasteiger partial charge in [0.05, 0.1) is 6.04 Å². The number of rotatable bonds is 10. The summed E-state index contributed by atoms with van der Waals surface area (Å²) in [6.07, 6.45) is 1.17. The van der Waals surface area contributed by atoms with E-state index in [2.05, 4.69) is 32.9 Å². The molecule has 2 atom stereocenters. The van der Waals surface area contributed by atoms with Crippen molar-refractivity contribution in [3.05, 3.63) is 71.4 Å². The maximum Gasteiger partial charge on any atom is 0.411 e. The zero-order valence-corrected chi connectivity index (χ0v) is 25.6. The van der Waals surface area contributed by atoms with Crippen LogP contribution in [0.4, 0.5) is 9.18 Å². The molecule has 1 heterocycles. The van der Waals surface area contributed by atoms with Gasteiger partial charge in [0.1, 0.15) is 11.4 Å². The Hall–Kier alpha value is -1.32. The molecule has 0 saturated carbocycles. The molecule has 35 heavy (non-hydrogen) atoms. The van der Waals surface area contributed by atoms with Crippen LogP contribution in [0.2, 0.25) is 0 Å². The molecular weight excluding hydrogens is 668 g/mol. The van der Waals surface area contributed by atoms with Gasteiger partial charge in [-0.05, 0) is 43.0 Å². The van der Waals surface area contributed by atoms with Crippen LogP contribution in [-0.4, -0.2) is 42.2 Å². The summed E-state index contributed by atoms with van der Waals surface area (Å²) in [6.45, 7) is 11.0. The molecule has 1 amide bonds. The summed E-state index contributed by atoms with van der Waals surface area (Å²) in [7, 11) is 2.01. The number of benzene rings is 2. The van der Waals surface area contributed by atoms with E-state index < -0.39 is 11.7 Å². The third-order valence-electron chi connectivity index (χ3n) is 7.12. The molecule has 187 valence electrons. The number of hydrogen-bond acceptors (Lipinski definition) is 4. The van der Waals surface area contributed by atoms with Crippen LogP contribution >= 0.6 is 0 Å². The van der Waals surface area contributed by atoms with Crippen LogP contribution in [-0.2, 0) is 10.3 Å². The molecule has 0 unspecified atom stereocenters. The number of aliphatic hydroxyl groups is 1. The quantitative estimate of drug-likeness (QED) is 0.280. The fraction of sp³-hybridized carbons (Fsp3) is 0.481. The Morgan fingerprint density at radius 2 is 1.83 bits per heavy atom. The molecule has 2 aromatic rings. The van der Waals surface area contributed by atoms with E-state index >= 15 is 0 Å². The Morgan fingerprint density at radius 3 is 2.37 bits per heavy atom. The van der Waals surface area contributed by atoms with Gasteiger partial charge >= 0.3 is 6.09 Å². The minimum absolute atomic E-state index is 0. The summed E-state index contributed by atoms with van der Waals surface area (Å²) < 4.78 is 19.5. The SMILES string of the molecule is C[C-](C)C(C)(C)N[B]c1ccc([C@H](C)N2CC[C@](CCCO)(c3ccc(F)cc3)OC2=O)cc1.[U]. The number of amides is 1. The van der Waals surface area contributed by atoms with Gasteiger partial charge < -0.3 is 25.9 Å². The fourth-order valence-electron chi connectivity index (χ4n) is 4.12. The first-order valence-corrected chi connectivity index (χ1v) is 12.0. The minimum atomic E-state index is -0.852. The van der Waals surface area contributed by atoms with Gasteiger partial charge in [0.25, 0.3) is 0 Å². The summed E-state index contributed by atoms with van der Waals surface area (Å²) >= 11 is 0. The maximum absolute atomic E-state index is 13.5. The summed E-state index contributed by atoms with van der Waals surface area (Å²) in [4.78, 5) is 14.9. The van der Waals surface area contributed by atoms with E-state index in [0.29, 0.717) is 25.8 Å². The Balaban J connectivity index is 0.00000432. The predicted molar refractivity (Wildman–Crippen MR) is 134 cm³/mol. The minimum Gasteiger partial charge on any atom is -0.438 e. The molecule has 8 heteroatoms. The standard InChI is InChI=1S/C27H36BFN2O3.U/c1-19(2)26(4,5)30-28-23-11-7-21(8-12-23)20(3)31-17-16-27(15-6-18-32,34-25(31)33)22-9-13-24(29)14-10-22;/h7-14,20,30,32H,6,15-18H2,1-5H3;/q-1;/t20-,27+;/m0./s1. The van der Waals surface area contributed by atoms with Gasteiger partial charge in [0.2, 0.25) is 7.41 Å². The second kappa shape index (κ2) is 12.8. The molecule has 1 aliphatic rings. The largest absolute Gasteiger partial charge is 0.438 e. The first-order chi connectivity index (χ1) is 16.1. The number of halogens is 1. The van der Waals surface area contributed by atoms with Crippen molar-refractivity contribution < 1.29 is 50.1 Å². The Bertz CT molecular complexity index is 956. The second-order valence-electron chi connectivity index (χ2n) is 9.90. The summed E-state index contributed by atoms with van der Waals surface area (Å²) in [5.41, 5.74) is 1.91. The van der Waals surface area contributed by atoms with E-state index in [4.69, 9.17) is 4.74 Å². The Kier molecular flexibility index (Phi) is 10.9. The number of nitrogens with one attached hydrogen (secondary N) is 1. The topological polar surface area (TPSA) is 61.8 Å². The molecule has 0 bridgehead atoms. The monoisotopic (exact) mass is 704 g/mol. The number of carbonyl (C=O) groups excluding carboxylic acids is 1. The summed E-state index contributed by atoms with van der Waals surface area (Å²) in [6, 6.07) is 14.1. The van der Waals surface area contributed by atoms with Crippen LogP contribution in [0.15, 0.2) is 48.5 Å². The van der Waals surface area contributed by atoms with Crippen LogP contribution in [0.3, 0.4) is 0 Å². The zero-order chi connectivity index (χ0) is 24.9. The van der Waals surface area contributed by atoms with Gasteiger partial charge in [-0.2, -0.15) is 13.8 Å². The molecule has 5 nitrogen and oxygen atoms in total. The number of hydrogen-bond donors (Lipinski definition) is 2. The van der Waals surface area contributed by atoms with Crippen molar-refractivity contribution >= 4 is 19.0 Å². The zero-order valence-electron chi connectivity index (χ0n) is 21.4. The molecular formula is C27H36BFN2O3U-. The predicted octanol–water partition coefficient (Wildman–Crippen LogP) is 4.62. The molecule has 3 rings (SSSR count). The molecule has 2 aromatic carbocycles. The average molecular weight is 704 g/mol. The maximum atomic E-state index is 13.5. The average Bonchev–Trinajstić information content (AvgIpc) is 2.82. The first-order valence-electron chi connectivity index (χ1n) is 12.0. The fourth-order valence-corrected chi connectivity index (χ4v) is 4.12. The molecule has 0 aliphatic carbocycles. The van der Waals surface area contributed by atoms with Crippen molar-refractivity contribution in [2.75, 3.05) is 13.2 Å². The van der Waals surface area contributed by atoms with Gasteiger partial charge in [-0.15, -0.1) is 5.54 Å². The van der Waals surface area contributed by atoms with Crippen LogP contribution in [0.5, 0.6) is 0 Å². The van der Waals surface area contributed by atoms with Crippen molar-refractivity contribution in [1.29, 1.82) is 0 Å². The van der Waals surface area contributed by atoms with Gasteiger partial charge in [0.15, 0.2) is 0 Å². The van der Waals surface area contributed by atoms with Crippen LogP contribution < -0.4 is 10.7 Å².